The number of anilines is 2. The second-order valence-corrected chi connectivity index (χ2v) is 7.80. The number of H-pyrrole nitrogens is 1. The van der Waals surface area contributed by atoms with Gasteiger partial charge in [-0.25, -0.2) is 0 Å². The van der Waals surface area contributed by atoms with E-state index in [0.717, 1.165) is 47.0 Å². The summed E-state index contributed by atoms with van der Waals surface area (Å²) in [7, 11) is 4.12. The predicted molar refractivity (Wildman–Crippen MR) is 123 cm³/mol. The van der Waals surface area contributed by atoms with Gasteiger partial charge in [-0.1, -0.05) is 30.3 Å². The fourth-order valence-corrected chi connectivity index (χ4v) is 3.44. The van der Waals surface area contributed by atoms with Crippen molar-refractivity contribution in [2.75, 3.05) is 37.9 Å². The van der Waals surface area contributed by atoms with Gasteiger partial charge >= 0.3 is 0 Å². The van der Waals surface area contributed by atoms with Crippen LogP contribution in [-0.2, 0) is 11.2 Å². The number of nitrogens with one attached hydrogen (secondary N) is 3. The largest absolute Gasteiger partial charge is 0.494 e. The first-order valence-electron chi connectivity index (χ1n) is 10.4. The third kappa shape index (κ3) is 5.32. The zero-order chi connectivity index (χ0) is 21.6. The van der Waals surface area contributed by atoms with E-state index in [1.807, 2.05) is 42.5 Å². The van der Waals surface area contributed by atoms with Gasteiger partial charge in [-0.3, -0.25) is 9.89 Å². The molecule has 1 aliphatic heterocycles. The number of aromatic amines is 1. The topological polar surface area (TPSA) is 82.3 Å². The smallest absolute Gasteiger partial charge is 0.257 e. The first-order valence-corrected chi connectivity index (χ1v) is 10.4. The van der Waals surface area contributed by atoms with Crippen LogP contribution in [0, 0.1) is 0 Å². The molecule has 2 aromatic carbocycles. The van der Waals surface area contributed by atoms with E-state index in [2.05, 4.69) is 52.0 Å². The molecule has 0 aliphatic carbocycles. The lowest BCUT2D eigenvalue weighted by atomic mass is 10.1. The molecule has 3 aromatic rings. The molecule has 0 fully saturated rings. The molecule has 0 atom stereocenters. The lowest BCUT2D eigenvalue weighted by Crippen LogP contribution is -2.15. The van der Waals surface area contributed by atoms with E-state index in [4.69, 9.17) is 4.74 Å². The van der Waals surface area contributed by atoms with Crippen LogP contribution in [0.2, 0.25) is 0 Å². The van der Waals surface area contributed by atoms with Gasteiger partial charge in [-0.15, -0.1) is 0 Å². The number of hydrogen-bond acceptors (Lipinski definition) is 5. The first kappa shape index (κ1) is 20.7. The fraction of sp³-hybridized carbons (Fsp3) is 0.250. The monoisotopic (exact) mass is 417 g/mol. The molecular weight excluding hydrogens is 390 g/mol. The Bertz CT molecular complexity index is 1070. The first-order chi connectivity index (χ1) is 15.1. The number of hydrogen-bond donors (Lipinski definition) is 3. The minimum absolute atomic E-state index is 0.113. The normalized spacial score (nSPS) is 14.0. The lowest BCUT2D eigenvalue weighted by molar-refractivity contribution is -0.110. The van der Waals surface area contributed by atoms with Crippen molar-refractivity contribution in [1.82, 2.24) is 15.1 Å². The number of aromatic nitrogens is 2. The molecule has 0 radical (unpaired) electrons. The molecule has 160 valence electrons. The molecule has 1 aliphatic rings. The molecule has 1 aromatic heterocycles. The van der Waals surface area contributed by atoms with Crippen molar-refractivity contribution in [3.05, 3.63) is 77.6 Å². The molecular formula is C24H27N5O2. The summed E-state index contributed by atoms with van der Waals surface area (Å²) in [5.74, 6) is 1.51. The number of rotatable bonds is 9. The maximum atomic E-state index is 12.2. The van der Waals surface area contributed by atoms with E-state index in [1.165, 1.54) is 0 Å². The van der Waals surface area contributed by atoms with Gasteiger partial charge in [0.25, 0.3) is 5.91 Å². The third-order valence-electron chi connectivity index (χ3n) is 5.04. The number of nitrogens with zero attached hydrogens (tertiary/aromatic N) is 2. The molecule has 7 nitrogen and oxygen atoms in total. The Morgan fingerprint density at radius 3 is 2.74 bits per heavy atom. The molecule has 0 unspecified atom stereocenters. The van der Waals surface area contributed by atoms with E-state index in [0.29, 0.717) is 18.6 Å². The lowest BCUT2D eigenvalue weighted by Gasteiger charge is -2.10. The summed E-state index contributed by atoms with van der Waals surface area (Å²) in [6.07, 6.45) is 3.42. The van der Waals surface area contributed by atoms with Gasteiger partial charge in [0.05, 0.1) is 17.9 Å². The Kier molecular flexibility index (Phi) is 6.33. The van der Waals surface area contributed by atoms with Crippen molar-refractivity contribution in [3.8, 4) is 5.75 Å². The number of carbonyl (C=O) groups excluding carboxylic acids is 1. The molecule has 0 saturated carbocycles. The van der Waals surface area contributed by atoms with E-state index in [-0.39, 0.29) is 5.91 Å². The number of para-hydroxylation sites is 1. The minimum Gasteiger partial charge on any atom is -0.494 e. The van der Waals surface area contributed by atoms with Crippen LogP contribution in [-0.4, -0.2) is 48.3 Å². The van der Waals surface area contributed by atoms with Crippen LogP contribution in [0.5, 0.6) is 5.75 Å². The van der Waals surface area contributed by atoms with Gasteiger partial charge in [-0.2, -0.15) is 5.10 Å². The average Bonchev–Trinajstić information content (AvgIpc) is 3.33. The van der Waals surface area contributed by atoms with Crippen molar-refractivity contribution >= 4 is 23.0 Å². The summed E-state index contributed by atoms with van der Waals surface area (Å²) in [5.41, 5.74) is 4.39. The number of benzene rings is 2. The van der Waals surface area contributed by atoms with E-state index < -0.39 is 0 Å². The van der Waals surface area contributed by atoms with E-state index in [1.54, 1.807) is 6.20 Å². The molecule has 0 bridgehead atoms. The molecule has 0 saturated heterocycles. The van der Waals surface area contributed by atoms with Crippen molar-refractivity contribution in [1.29, 1.82) is 0 Å². The second-order valence-electron chi connectivity index (χ2n) is 7.80. The van der Waals surface area contributed by atoms with Gasteiger partial charge in [-0.05, 0) is 44.3 Å². The van der Waals surface area contributed by atoms with Gasteiger partial charge in [0.1, 0.15) is 11.6 Å². The highest BCUT2D eigenvalue weighted by atomic mass is 16.5. The van der Waals surface area contributed by atoms with Crippen molar-refractivity contribution in [3.63, 3.8) is 0 Å². The standard InChI is InChI=1S/C24H27N5O2/c1-29(2)12-5-13-31-19-10-8-17(9-11-19)14-18-15-23(28-27-18)25-16-21-20-6-3-4-7-22(20)26-24(21)30/h3-4,6-11,15-16H,5,12-14H2,1-2H3,(H,26,30)(H2,25,27,28). The van der Waals surface area contributed by atoms with Crippen molar-refractivity contribution < 1.29 is 9.53 Å². The summed E-state index contributed by atoms with van der Waals surface area (Å²) in [4.78, 5) is 14.3. The van der Waals surface area contributed by atoms with Gasteiger partial charge in [0, 0.05) is 36.5 Å². The van der Waals surface area contributed by atoms with E-state index in [9.17, 15) is 4.79 Å². The maximum absolute atomic E-state index is 12.2. The zero-order valence-electron chi connectivity index (χ0n) is 17.8. The molecule has 4 rings (SSSR count). The van der Waals surface area contributed by atoms with Crippen LogP contribution in [0.25, 0.3) is 5.57 Å². The van der Waals surface area contributed by atoms with Crippen LogP contribution >= 0.6 is 0 Å². The highest BCUT2D eigenvalue weighted by Crippen LogP contribution is 2.31. The SMILES string of the molecule is CN(C)CCCOc1ccc(Cc2cc(NC=C3C(=O)Nc4ccccc43)[nH]n2)cc1. The van der Waals surface area contributed by atoms with Crippen LogP contribution in [0.4, 0.5) is 11.5 Å². The van der Waals surface area contributed by atoms with Crippen LogP contribution in [0.1, 0.15) is 23.2 Å². The van der Waals surface area contributed by atoms with Gasteiger partial charge < -0.3 is 20.3 Å². The molecule has 3 N–H and O–H groups in total. The molecule has 7 heteroatoms. The number of carbonyl (C=O) groups is 1. The molecule has 0 spiro atoms. The highest BCUT2D eigenvalue weighted by Gasteiger charge is 2.23. The Morgan fingerprint density at radius 1 is 1.13 bits per heavy atom. The highest BCUT2D eigenvalue weighted by molar-refractivity contribution is 6.31. The van der Waals surface area contributed by atoms with Crippen LogP contribution < -0.4 is 15.4 Å². The number of amides is 1. The van der Waals surface area contributed by atoms with Gasteiger partial charge in [0.2, 0.25) is 0 Å². The summed E-state index contributed by atoms with van der Waals surface area (Å²) in [5, 5.41) is 13.4. The fourth-order valence-electron chi connectivity index (χ4n) is 3.44. The Balaban J connectivity index is 1.32. The Morgan fingerprint density at radius 2 is 1.94 bits per heavy atom. The van der Waals surface area contributed by atoms with Crippen LogP contribution in [0.15, 0.2) is 60.8 Å². The number of ether oxygens (including phenoxy) is 1. The summed E-state index contributed by atoms with van der Waals surface area (Å²) < 4.78 is 5.78. The van der Waals surface area contributed by atoms with Crippen molar-refractivity contribution in [2.45, 2.75) is 12.8 Å². The quantitative estimate of drug-likeness (QED) is 0.365. The van der Waals surface area contributed by atoms with Crippen LogP contribution in [0.3, 0.4) is 0 Å². The summed E-state index contributed by atoms with van der Waals surface area (Å²) >= 11 is 0. The average molecular weight is 418 g/mol. The Hall–Kier alpha value is -3.58. The van der Waals surface area contributed by atoms with E-state index >= 15 is 0 Å². The zero-order valence-corrected chi connectivity index (χ0v) is 17.8. The Labute approximate surface area is 182 Å². The summed E-state index contributed by atoms with van der Waals surface area (Å²) in [6, 6.07) is 17.7. The second kappa shape index (κ2) is 9.49. The molecule has 2 heterocycles. The van der Waals surface area contributed by atoms with Gasteiger partial charge in [0.15, 0.2) is 0 Å². The summed E-state index contributed by atoms with van der Waals surface area (Å²) in [6.45, 7) is 1.73. The molecule has 31 heavy (non-hydrogen) atoms. The third-order valence-corrected chi connectivity index (χ3v) is 5.04. The number of fused-ring (bicyclic) bond motifs is 1. The minimum atomic E-state index is -0.113. The predicted octanol–water partition coefficient (Wildman–Crippen LogP) is 3.74. The maximum Gasteiger partial charge on any atom is 0.257 e. The molecule has 1 amide bonds. The van der Waals surface area contributed by atoms with Crippen molar-refractivity contribution in [2.24, 2.45) is 0 Å².